The highest BCUT2D eigenvalue weighted by atomic mass is 19.1. The van der Waals surface area contributed by atoms with Crippen molar-refractivity contribution in [2.24, 2.45) is 17.8 Å². The van der Waals surface area contributed by atoms with E-state index in [0.29, 0.717) is 17.8 Å². The predicted molar refractivity (Wildman–Crippen MR) is 56.5 cm³/mol. The molecule has 2 fully saturated rings. The van der Waals surface area contributed by atoms with Crippen molar-refractivity contribution >= 4 is 5.97 Å². The second-order valence-corrected chi connectivity index (χ2v) is 4.90. The molecule has 84 valence electrons. The molecule has 0 heterocycles. The van der Waals surface area contributed by atoms with Crippen LogP contribution >= 0.6 is 0 Å². The number of carboxylic acid groups (broad SMARTS) is 1. The molecule has 0 aromatic heterocycles. The number of benzene rings is 1. The molecular formula is C13H13FO2. The van der Waals surface area contributed by atoms with Crippen molar-refractivity contribution in [1.82, 2.24) is 0 Å². The molecule has 0 saturated heterocycles. The van der Waals surface area contributed by atoms with Crippen LogP contribution in [0.1, 0.15) is 24.3 Å². The predicted octanol–water partition coefficient (Wildman–Crippen LogP) is 2.65. The summed E-state index contributed by atoms with van der Waals surface area (Å²) in [6, 6.07) is 6.59. The van der Waals surface area contributed by atoms with E-state index in [0.717, 1.165) is 18.4 Å². The van der Waals surface area contributed by atoms with Crippen molar-refractivity contribution in [3.05, 3.63) is 35.6 Å². The number of halogens is 1. The summed E-state index contributed by atoms with van der Waals surface area (Å²) in [5, 5.41) is 8.84. The number of hydrogen-bond acceptors (Lipinski definition) is 1. The number of aliphatic carboxylic acids is 1. The molecule has 3 rings (SSSR count). The van der Waals surface area contributed by atoms with Crippen molar-refractivity contribution in [3.63, 3.8) is 0 Å². The molecule has 2 aliphatic rings. The van der Waals surface area contributed by atoms with Crippen LogP contribution in [0.2, 0.25) is 0 Å². The summed E-state index contributed by atoms with van der Waals surface area (Å²) in [5.74, 6) is 0.370. The summed E-state index contributed by atoms with van der Waals surface area (Å²) in [7, 11) is 0. The Bertz CT molecular complexity index is 426. The lowest BCUT2D eigenvalue weighted by molar-refractivity contribution is -0.138. The van der Waals surface area contributed by atoms with E-state index >= 15 is 0 Å². The molecule has 0 amide bonds. The van der Waals surface area contributed by atoms with Gasteiger partial charge in [0.2, 0.25) is 0 Å². The van der Waals surface area contributed by atoms with Gasteiger partial charge in [0.25, 0.3) is 0 Å². The summed E-state index contributed by atoms with van der Waals surface area (Å²) >= 11 is 0. The Morgan fingerprint density at radius 3 is 2.44 bits per heavy atom. The summed E-state index contributed by atoms with van der Waals surface area (Å²) in [4.78, 5) is 10.7. The van der Waals surface area contributed by atoms with E-state index in [-0.39, 0.29) is 11.7 Å². The van der Waals surface area contributed by atoms with Crippen LogP contribution in [0.3, 0.4) is 0 Å². The summed E-state index contributed by atoms with van der Waals surface area (Å²) in [6.45, 7) is 0. The van der Waals surface area contributed by atoms with E-state index in [1.807, 2.05) is 12.1 Å². The minimum absolute atomic E-state index is 0.115. The highest BCUT2D eigenvalue weighted by Crippen LogP contribution is 2.61. The first-order valence-corrected chi connectivity index (χ1v) is 5.65. The SMILES string of the molecule is O=C(O)C1CC1C1CC1c1ccc(F)cc1. The molecule has 1 aromatic carbocycles. The maximum absolute atomic E-state index is 12.7. The second kappa shape index (κ2) is 3.30. The molecule has 2 saturated carbocycles. The van der Waals surface area contributed by atoms with Crippen LogP contribution in [0.25, 0.3) is 0 Å². The number of hydrogen-bond donors (Lipinski definition) is 1. The van der Waals surface area contributed by atoms with E-state index in [1.54, 1.807) is 0 Å². The molecule has 3 heteroatoms. The first-order chi connectivity index (χ1) is 7.66. The topological polar surface area (TPSA) is 37.3 Å². The molecule has 4 atom stereocenters. The molecule has 0 spiro atoms. The van der Waals surface area contributed by atoms with Crippen LogP contribution in [-0.2, 0) is 4.79 Å². The zero-order valence-corrected chi connectivity index (χ0v) is 8.77. The first kappa shape index (κ1) is 9.82. The van der Waals surface area contributed by atoms with Gasteiger partial charge in [0, 0.05) is 0 Å². The van der Waals surface area contributed by atoms with Crippen molar-refractivity contribution in [2.45, 2.75) is 18.8 Å². The molecule has 0 bridgehead atoms. The molecule has 4 unspecified atom stereocenters. The average molecular weight is 220 g/mol. The van der Waals surface area contributed by atoms with Gasteiger partial charge in [-0.05, 0) is 48.3 Å². The van der Waals surface area contributed by atoms with E-state index in [4.69, 9.17) is 5.11 Å². The largest absolute Gasteiger partial charge is 0.481 e. The zero-order chi connectivity index (χ0) is 11.3. The lowest BCUT2D eigenvalue weighted by Crippen LogP contribution is -2.00. The highest BCUT2D eigenvalue weighted by molar-refractivity contribution is 5.73. The summed E-state index contributed by atoms with van der Waals surface area (Å²) in [5.41, 5.74) is 1.16. The van der Waals surface area contributed by atoms with Crippen molar-refractivity contribution < 1.29 is 14.3 Å². The monoisotopic (exact) mass is 220 g/mol. The zero-order valence-electron chi connectivity index (χ0n) is 8.77. The van der Waals surface area contributed by atoms with Crippen LogP contribution < -0.4 is 0 Å². The van der Waals surface area contributed by atoms with Gasteiger partial charge in [-0.1, -0.05) is 12.1 Å². The summed E-state index contributed by atoms with van der Waals surface area (Å²) < 4.78 is 12.7. The molecule has 0 radical (unpaired) electrons. The Balaban J connectivity index is 1.64. The van der Waals surface area contributed by atoms with Crippen LogP contribution in [0.5, 0.6) is 0 Å². The van der Waals surface area contributed by atoms with E-state index in [9.17, 15) is 9.18 Å². The van der Waals surface area contributed by atoms with Gasteiger partial charge in [-0.25, -0.2) is 4.39 Å². The van der Waals surface area contributed by atoms with Gasteiger partial charge in [0.15, 0.2) is 0 Å². The van der Waals surface area contributed by atoms with Gasteiger partial charge < -0.3 is 5.11 Å². The highest BCUT2D eigenvalue weighted by Gasteiger charge is 2.56. The lowest BCUT2D eigenvalue weighted by Gasteiger charge is -1.99. The van der Waals surface area contributed by atoms with Gasteiger partial charge >= 0.3 is 5.97 Å². The Kier molecular flexibility index (Phi) is 2.03. The normalized spacial score (nSPS) is 35.8. The maximum Gasteiger partial charge on any atom is 0.306 e. The van der Waals surface area contributed by atoms with Crippen LogP contribution in [0.4, 0.5) is 4.39 Å². The third-order valence-electron chi connectivity index (χ3n) is 3.84. The Hall–Kier alpha value is -1.38. The number of rotatable bonds is 3. The van der Waals surface area contributed by atoms with Crippen molar-refractivity contribution in [3.8, 4) is 0 Å². The van der Waals surface area contributed by atoms with Crippen molar-refractivity contribution in [1.29, 1.82) is 0 Å². The first-order valence-electron chi connectivity index (χ1n) is 5.65. The van der Waals surface area contributed by atoms with Gasteiger partial charge in [0.05, 0.1) is 5.92 Å². The summed E-state index contributed by atoms with van der Waals surface area (Å²) in [6.07, 6.45) is 1.90. The fourth-order valence-corrected chi connectivity index (χ4v) is 2.75. The number of carboxylic acids is 1. The van der Waals surface area contributed by atoms with Gasteiger partial charge in [-0.15, -0.1) is 0 Å². The molecular weight excluding hydrogens is 207 g/mol. The Morgan fingerprint density at radius 1 is 1.19 bits per heavy atom. The molecule has 1 aromatic rings. The smallest absolute Gasteiger partial charge is 0.306 e. The van der Waals surface area contributed by atoms with E-state index in [2.05, 4.69) is 0 Å². The standard InChI is InChI=1S/C13H13FO2/c14-8-3-1-7(2-4-8)9-5-10(9)11-6-12(11)13(15)16/h1-4,9-12H,5-6H2,(H,15,16). The van der Waals surface area contributed by atoms with E-state index < -0.39 is 5.97 Å². The minimum atomic E-state index is -0.658. The average Bonchev–Trinajstić information content (AvgIpc) is 3.12. The van der Waals surface area contributed by atoms with E-state index in [1.165, 1.54) is 12.1 Å². The van der Waals surface area contributed by atoms with Crippen LogP contribution in [0.15, 0.2) is 24.3 Å². The molecule has 1 N–H and O–H groups in total. The minimum Gasteiger partial charge on any atom is -0.481 e. The maximum atomic E-state index is 12.7. The fraction of sp³-hybridized carbons (Fsp3) is 0.462. The van der Waals surface area contributed by atoms with Gasteiger partial charge in [-0.2, -0.15) is 0 Å². The fourth-order valence-electron chi connectivity index (χ4n) is 2.75. The van der Waals surface area contributed by atoms with Gasteiger partial charge in [0.1, 0.15) is 5.82 Å². The molecule has 0 aliphatic heterocycles. The third-order valence-corrected chi connectivity index (χ3v) is 3.84. The third kappa shape index (κ3) is 1.60. The van der Waals surface area contributed by atoms with Gasteiger partial charge in [-0.3, -0.25) is 4.79 Å². The van der Waals surface area contributed by atoms with Crippen LogP contribution in [-0.4, -0.2) is 11.1 Å². The van der Waals surface area contributed by atoms with Crippen LogP contribution in [0, 0.1) is 23.6 Å². The second-order valence-electron chi connectivity index (χ2n) is 4.90. The lowest BCUT2D eigenvalue weighted by atomic mass is 10.1. The molecule has 16 heavy (non-hydrogen) atoms. The quantitative estimate of drug-likeness (QED) is 0.850. The Labute approximate surface area is 93.1 Å². The molecule has 2 nitrogen and oxygen atoms in total. The Morgan fingerprint density at radius 2 is 1.88 bits per heavy atom. The number of carbonyl (C=O) groups is 1. The molecule has 2 aliphatic carbocycles. The van der Waals surface area contributed by atoms with Crippen molar-refractivity contribution in [2.75, 3.05) is 0 Å².